The van der Waals surface area contributed by atoms with E-state index in [4.69, 9.17) is 5.73 Å². The fraction of sp³-hybridized carbons (Fsp3) is 0.333. The number of piperidine rings is 1. The topological polar surface area (TPSA) is 120 Å². The molecule has 152 valence electrons. The smallest absolute Gasteiger partial charge is 0.274 e. The number of nitrogen functional groups attached to an aromatic ring is 1. The molecule has 3 aromatic heterocycles. The molecule has 5 rings (SSSR count). The van der Waals surface area contributed by atoms with E-state index in [0.717, 1.165) is 17.8 Å². The monoisotopic (exact) mass is 403 g/mol. The summed E-state index contributed by atoms with van der Waals surface area (Å²) in [6.07, 6.45) is 5.46. The number of pyridine rings is 1. The molecule has 2 N–H and O–H groups in total. The van der Waals surface area contributed by atoms with Crippen molar-refractivity contribution in [3.05, 3.63) is 64.4 Å². The predicted octanol–water partition coefficient (Wildman–Crippen LogP) is 1.25. The maximum atomic E-state index is 13.0. The van der Waals surface area contributed by atoms with Crippen LogP contribution in [-0.2, 0) is 6.54 Å². The van der Waals surface area contributed by atoms with Crippen LogP contribution in [0.15, 0.2) is 41.7 Å². The molecule has 1 saturated heterocycles. The third-order valence-corrected chi connectivity index (χ3v) is 5.83. The van der Waals surface area contributed by atoms with E-state index in [0.29, 0.717) is 42.4 Å². The zero-order chi connectivity index (χ0) is 20.8. The van der Waals surface area contributed by atoms with Gasteiger partial charge in [-0.1, -0.05) is 0 Å². The highest BCUT2D eigenvalue weighted by Gasteiger charge is 2.37. The van der Waals surface area contributed by atoms with Crippen molar-refractivity contribution in [1.82, 2.24) is 29.4 Å². The van der Waals surface area contributed by atoms with Gasteiger partial charge in [-0.2, -0.15) is 0 Å². The van der Waals surface area contributed by atoms with Crippen molar-refractivity contribution in [3.63, 3.8) is 0 Å². The number of hydrogen-bond donors (Lipinski definition) is 1. The number of nitrogens with zero attached hydrogens (tertiary/aromatic N) is 6. The van der Waals surface area contributed by atoms with Gasteiger partial charge in [0, 0.05) is 55.1 Å². The lowest BCUT2D eigenvalue weighted by Crippen LogP contribution is -2.49. The Balaban J connectivity index is 1.48. The highest BCUT2D eigenvalue weighted by atomic mass is 16.2. The molecule has 0 saturated carbocycles. The first kappa shape index (κ1) is 18.4. The third kappa shape index (κ3) is 3.22. The van der Waals surface area contributed by atoms with Crippen LogP contribution in [0.25, 0.3) is 11.3 Å². The Morgan fingerprint density at radius 1 is 1.07 bits per heavy atom. The maximum Gasteiger partial charge on any atom is 0.274 e. The Labute approximate surface area is 172 Å². The van der Waals surface area contributed by atoms with Crippen molar-refractivity contribution < 1.29 is 4.79 Å². The summed E-state index contributed by atoms with van der Waals surface area (Å²) in [5, 5.41) is 0. The molecule has 9 heteroatoms. The highest BCUT2D eigenvalue weighted by molar-refractivity contribution is 5.92. The van der Waals surface area contributed by atoms with Gasteiger partial charge in [0.1, 0.15) is 17.8 Å². The average Bonchev–Trinajstić information content (AvgIpc) is 2.74. The van der Waals surface area contributed by atoms with Gasteiger partial charge in [0.2, 0.25) is 0 Å². The number of aromatic nitrogens is 5. The molecular formula is C21H21N7O2. The van der Waals surface area contributed by atoms with Crippen LogP contribution in [-0.4, -0.2) is 48.4 Å². The highest BCUT2D eigenvalue weighted by Crippen LogP contribution is 2.36. The Morgan fingerprint density at radius 2 is 1.93 bits per heavy atom. The average molecular weight is 403 g/mol. The first-order valence-electron chi connectivity index (χ1n) is 9.88. The fourth-order valence-electron chi connectivity index (χ4n) is 4.47. The Morgan fingerprint density at radius 3 is 2.70 bits per heavy atom. The molecule has 3 aromatic rings. The first-order chi connectivity index (χ1) is 14.5. The second-order valence-electron chi connectivity index (χ2n) is 8.00. The van der Waals surface area contributed by atoms with Crippen molar-refractivity contribution in [2.45, 2.75) is 25.8 Å². The molecular weight excluding hydrogens is 382 g/mol. The largest absolute Gasteiger partial charge is 0.384 e. The van der Waals surface area contributed by atoms with Crippen LogP contribution in [0.1, 0.15) is 34.2 Å². The van der Waals surface area contributed by atoms with Gasteiger partial charge >= 0.3 is 0 Å². The van der Waals surface area contributed by atoms with Crippen LogP contribution in [0.5, 0.6) is 0 Å². The van der Waals surface area contributed by atoms with Crippen LogP contribution < -0.4 is 11.3 Å². The molecule has 0 aromatic carbocycles. The number of carbonyl (C=O) groups is 1. The normalized spacial score (nSPS) is 20.0. The number of hydrogen-bond acceptors (Lipinski definition) is 7. The second kappa shape index (κ2) is 7.01. The SMILES string of the molecule is Cc1cnc(C(=O)N2C[C@@H]3C[C@H](C2)c2cc(-c4cc(N)ncn4)cc(=O)n2C3)cn1. The summed E-state index contributed by atoms with van der Waals surface area (Å²) in [5.41, 5.74) is 9.10. The lowest BCUT2D eigenvalue weighted by Gasteiger charge is -2.42. The number of anilines is 1. The minimum absolute atomic E-state index is 0.0569. The standard InChI is InChI=1S/C21H21N7O2/c1-12-6-24-17(7-23-12)21(30)27-8-13-2-15(10-27)18-3-14(4-20(29)28(18)9-13)16-5-19(22)26-11-25-16/h3-7,11,13,15H,2,8-10H2,1H3,(H2,22,25,26)/t13-,15+/m0/s1. The first-order valence-corrected chi connectivity index (χ1v) is 9.88. The number of rotatable bonds is 2. The van der Waals surface area contributed by atoms with E-state index in [9.17, 15) is 9.59 Å². The summed E-state index contributed by atoms with van der Waals surface area (Å²) in [6.45, 7) is 3.59. The van der Waals surface area contributed by atoms with E-state index < -0.39 is 0 Å². The maximum absolute atomic E-state index is 13.0. The number of carbonyl (C=O) groups excluding carboxylic acids is 1. The van der Waals surface area contributed by atoms with Crippen LogP contribution in [0.2, 0.25) is 0 Å². The molecule has 2 aliphatic heterocycles. The molecule has 1 fully saturated rings. The van der Waals surface area contributed by atoms with Gasteiger partial charge in [0.15, 0.2) is 0 Å². The van der Waals surface area contributed by atoms with Crippen LogP contribution in [0, 0.1) is 12.8 Å². The minimum Gasteiger partial charge on any atom is -0.384 e. The van der Waals surface area contributed by atoms with E-state index in [1.165, 1.54) is 12.5 Å². The van der Waals surface area contributed by atoms with Crippen LogP contribution in [0.3, 0.4) is 0 Å². The Kier molecular flexibility index (Phi) is 4.30. The zero-order valence-corrected chi connectivity index (χ0v) is 16.5. The summed E-state index contributed by atoms with van der Waals surface area (Å²) in [7, 11) is 0. The summed E-state index contributed by atoms with van der Waals surface area (Å²) < 4.78 is 1.83. The van der Waals surface area contributed by atoms with Gasteiger partial charge in [-0.05, 0) is 25.3 Å². The van der Waals surface area contributed by atoms with Gasteiger partial charge in [-0.15, -0.1) is 0 Å². The van der Waals surface area contributed by atoms with E-state index in [1.54, 1.807) is 18.3 Å². The molecule has 1 amide bonds. The molecule has 2 aliphatic rings. The summed E-state index contributed by atoms with van der Waals surface area (Å²) in [4.78, 5) is 44.2. The molecule has 9 nitrogen and oxygen atoms in total. The molecule has 0 spiro atoms. The molecule has 0 unspecified atom stereocenters. The molecule has 30 heavy (non-hydrogen) atoms. The number of fused-ring (bicyclic) bond motifs is 4. The number of aryl methyl sites for hydroxylation is 1. The molecule has 0 radical (unpaired) electrons. The Hall–Kier alpha value is -3.62. The molecule has 2 atom stereocenters. The lowest BCUT2D eigenvalue weighted by molar-refractivity contribution is 0.0588. The molecule has 5 heterocycles. The van der Waals surface area contributed by atoms with E-state index >= 15 is 0 Å². The molecule has 0 aliphatic carbocycles. The van der Waals surface area contributed by atoms with E-state index in [-0.39, 0.29) is 23.3 Å². The summed E-state index contributed by atoms with van der Waals surface area (Å²) in [5.74, 6) is 0.544. The fourth-order valence-corrected chi connectivity index (χ4v) is 4.47. The van der Waals surface area contributed by atoms with Gasteiger partial charge in [0.05, 0.1) is 17.6 Å². The predicted molar refractivity (Wildman–Crippen MR) is 110 cm³/mol. The summed E-state index contributed by atoms with van der Waals surface area (Å²) in [6, 6.07) is 5.24. The van der Waals surface area contributed by atoms with E-state index in [2.05, 4.69) is 19.9 Å². The van der Waals surface area contributed by atoms with Gasteiger partial charge in [0.25, 0.3) is 11.5 Å². The molecule has 2 bridgehead atoms. The zero-order valence-electron chi connectivity index (χ0n) is 16.5. The van der Waals surface area contributed by atoms with Crippen molar-refractivity contribution in [2.75, 3.05) is 18.8 Å². The van der Waals surface area contributed by atoms with Crippen molar-refractivity contribution in [1.29, 1.82) is 0 Å². The van der Waals surface area contributed by atoms with Crippen molar-refractivity contribution in [3.8, 4) is 11.3 Å². The van der Waals surface area contributed by atoms with E-state index in [1.807, 2.05) is 22.5 Å². The van der Waals surface area contributed by atoms with Gasteiger partial charge in [-0.25, -0.2) is 15.0 Å². The number of nitrogens with two attached hydrogens (primary N) is 1. The minimum atomic E-state index is -0.118. The lowest BCUT2D eigenvalue weighted by atomic mass is 9.82. The third-order valence-electron chi connectivity index (χ3n) is 5.83. The van der Waals surface area contributed by atoms with Crippen LogP contribution in [0.4, 0.5) is 5.82 Å². The van der Waals surface area contributed by atoms with Gasteiger partial charge in [-0.3, -0.25) is 14.6 Å². The summed E-state index contributed by atoms with van der Waals surface area (Å²) >= 11 is 0. The van der Waals surface area contributed by atoms with Crippen molar-refractivity contribution in [2.24, 2.45) is 5.92 Å². The number of amides is 1. The quantitative estimate of drug-likeness (QED) is 0.683. The van der Waals surface area contributed by atoms with Gasteiger partial charge < -0.3 is 15.2 Å². The second-order valence-corrected chi connectivity index (χ2v) is 8.00. The van der Waals surface area contributed by atoms with Crippen LogP contribution >= 0.6 is 0 Å². The number of likely N-dealkylation sites (tertiary alicyclic amines) is 1. The Bertz CT molecular complexity index is 1190. The van der Waals surface area contributed by atoms with Crippen molar-refractivity contribution >= 4 is 11.7 Å².